The fourth-order valence-corrected chi connectivity index (χ4v) is 4.36. The van der Waals surface area contributed by atoms with Crippen LogP contribution in [0.5, 0.6) is 0 Å². The van der Waals surface area contributed by atoms with E-state index in [-0.39, 0.29) is 19.3 Å². The van der Waals surface area contributed by atoms with Crippen molar-refractivity contribution in [2.45, 2.75) is 110 Å². The average molecular weight is 471 g/mol. The number of hydrogen-bond acceptors (Lipinski definition) is 3. The summed E-state index contributed by atoms with van der Waals surface area (Å²) in [6.07, 6.45) is 18.3. The lowest BCUT2D eigenvalue weighted by Crippen LogP contribution is -2.51. The van der Waals surface area contributed by atoms with Crippen molar-refractivity contribution in [2.24, 2.45) is 0 Å². The van der Waals surface area contributed by atoms with Crippen molar-refractivity contribution in [3.63, 3.8) is 0 Å². The molecular weight excluding hydrogens is 422 g/mol. The molecule has 7 nitrogen and oxygen atoms in total. The number of aliphatic carboxylic acids is 3. The van der Waals surface area contributed by atoms with Gasteiger partial charge in [-0.05, 0) is 38.5 Å². The SMILES string of the molecule is CCCCCCC/C=C/CCCCC[N+](CCCC(=O)O)(CCCC(=O)O)CCCC(=O)O. The van der Waals surface area contributed by atoms with Crippen LogP contribution in [0.15, 0.2) is 12.2 Å². The van der Waals surface area contributed by atoms with Gasteiger partial charge in [0.15, 0.2) is 0 Å². The van der Waals surface area contributed by atoms with Gasteiger partial charge in [-0.3, -0.25) is 14.4 Å². The summed E-state index contributed by atoms with van der Waals surface area (Å²) in [4.78, 5) is 33.0. The predicted molar refractivity (Wildman–Crippen MR) is 131 cm³/mol. The van der Waals surface area contributed by atoms with Crippen molar-refractivity contribution in [3.8, 4) is 0 Å². The number of carbonyl (C=O) groups is 3. The molecule has 0 saturated heterocycles. The Kier molecular flexibility index (Phi) is 19.5. The van der Waals surface area contributed by atoms with Crippen LogP contribution in [0.2, 0.25) is 0 Å². The third kappa shape index (κ3) is 20.4. The van der Waals surface area contributed by atoms with E-state index < -0.39 is 17.9 Å². The lowest BCUT2D eigenvalue weighted by Gasteiger charge is -2.39. The van der Waals surface area contributed by atoms with Gasteiger partial charge in [0, 0.05) is 19.3 Å². The Morgan fingerprint density at radius 3 is 1.30 bits per heavy atom. The lowest BCUT2D eigenvalue weighted by molar-refractivity contribution is -0.929. The topological polar surface area (TPSA) is 112 Å². The second kappa shape index (κ2) is 20.7. The van der Waals surface area contributed by atoms with Crippen LogP contribution < -0.4 is 0 Å². The van der Waals surface area contributed by atoms with Crippen molar-refractivity contribution in [2.75, 3.05) is 26.2 Å². The van der Waals surface area contributed by atoms with E-state index in [1.54, 1.807) is 0 Å². The van der Waals surface area contributed by atoms with Gasteiger partial charge in [-0.15, -0.1) is 0 Å². The maximum atomic E-state index is 11.0. The number of allylic oxidation sites excluding steroid dienone is 2. The molecule has 192 valence electrons. The third-order valence-corrected chi connectivity index (χ3v) is 6.21. The maximum Gasteiger partial charge on any atom is 0.303 e. The van der Waals surface area contributed by atoms with Crippen LogP contribution in [0.4, 0.5) is 0 Å². The van der Waals surface area contributed by atoms with Crippen molar-refractivity contribution in [1.29, 1.82) is 0 Å². The molecule has 0 aromatic heterocycles. The second-order valence-electron chi connectivity index (χ2n) is 9.25. The average Bonchev–Trinajstić information content (AvgIpc) is 2.73. The minimum absolute atomic E-state index is 0.0844. The Morgan fingerprint density at radius 1 is 0.545 bits per heavy atom. The van der Waals surface area contributed by atoms with Gasteiger partial charge in [-0.1, -0.05) is 44.8 Å². The lowest BCUT2D eigenvalue weighted by atomic mass is 10.1. The zero-order chi connectivity index (χ0) is 24.8. The van der Waals surface area contributed by atoms with Crippen molar-refractivity contribution < 1.29 is 34.2 Å². The van der Waals surface area contributed by atoms with Gasteiger partial charge < -0.3 is 19.8 Å². The first-order chi connectivity index (χ1) is 15.8. The van der Waals surface area contributed by atoms with Gasteiger partial charge in [0.2, 0.25) is 0 Å². The summed E-state index contributed by atoms with van der Waals surface area (Å²) >= 11 is 0. The second-order valence-corrected chi connectivity index (χ2v) is 9.25. The summed E-state index contributed by atoms with van der Waals surface area (Å²) < 4.78 is 0.626. The minimum atomic E-state index is -0.832. The van der Waals surface area contributed by atoms with Gasteiger partial charge >= 0.3 is 17.9 Å². The number of unbranched alkanes of at least 4 members (excludes halogenated alkanes) is 8. The van der Waals surface area contributed by atoms with E-state index in [1.165, 1.54) is 32.1 Å². The molecule has 0 unspecified atom stereocenters. The number of rotatable bonds is 24. The van der Waals surface area contributed by atoms with Crippen LogP contribution in [-0.4, -0.2) is 63.9 Å². The molecule has 0 fully saturated rings. The van der Waals surface area contributed by atoms with Crippen LogP contribution in [0.25, 0.3) is 0 Å². The molecule has 0 aliphatic heterocycles. The van der Waals surface area contributed by atoms with Crippen LogP contribution in [-0.2, 0) is 14.4 Å². The van der Waals surface area contributed by atoms with Crippen LogP contribution in [0.1, 0.15) is 110 Å². The predicted octanol–water partition coefficient (Wildman–Crippen LogP) is 5.87. The van der Waals surface area contributed by atoms with E-state index in [9.17, 15) is 14.4 Å². The Labute approximate surface area is 200 Å². The van der Waals surface area contributed by atoms with E-state index in [0.717, 1.165) is 38.6 Å². The number of quaternary nitrogens is 1. The summed E-state index contributed by atoms with van der Waals surface area (Å²) in [6.45, 7) is 5.04. The molecular formula is C26H48NO6+. The number of hydrogen-bond donors (Lipinski definition) is 3. The standard InChI is InChI=1S/C26H47NO6/c1-2-3-4-5-6-7-8-9-10-11-12-13-20-27(21-14-17-24(28)29,22-15-18-25(30)31)23-16-19-26(32)33/h8-9H,2-7,10-23H2,1H3,(H2-,28,29,30,31,32,33)/p+1/b9-8+. The highest BCUT2D eigenvalue weighted by atomic mass is 16.4. The fourth-order valence-electron chi connectivity index (χ4n) is 4.36. The van der Waals surface area contributed by atoms with Gasteiger partial charge in [0.25, 0.3) is 0 Å². The largest absolute Gasteiger partial charge is 0.481 e. The Bertz CT molecular complexity index is 511. The molecule has 0 rings (SSSR count). The van der Waals surface area contributed by atoms with Crippen LogP contribution >= 0.6 is 0 Å². The molecule has 0 radical (unpaired) electrons. The molecule has 0 atom stereocenters. The summed E-state index contributed by atoms with van der Waals surface area (Å²) in [5, 5.41) is 27.1. The number of nitrogens with zero attached hydrogens (tertiary/aromatic N) is 1. The highest BCUT2D eigenvalue weighted by molar-refractivity contribution is 5.67. The van der Waals surface area contributed by atoms with Gasteiger partial charge in [0.05, 0.1) is 45.4 Å². The first-order valence-electron chi connectivity index (χ1n) is 13.0. The quantitative estimate of drug-likeness (QED) is 0.0923. The molecule has 0 aromatic carbocycles. The first kappa shape index (κ1) is 31.1. The molecule has 0 saturated carbocycles. The van der Waals surface area contributed by atoms with Crippen LogP contribution in [0, 0.1) is 0 Å². The Morgan fingerprint density at radius 2 is 0.909 bits per heavy atom. The number of carboxylic acid groups (broad SMARTS) is 3. The molecule has 0 aliphatic rings. The molecule has 33 heavy (non-hydrogen) atoms. The van der Waals surface area contributed by atoms with E-state index in [2.05, 4.69) is 19.1 Å². The van der Waals surface area contributed by atoms with Crippen molar-refractivity contribution in [1.82, 2.24) is 0 Å². The molecule has 0 heterocycles. The van der Waals surface area contributed by atoms with E-state index in [0.29, 0.717) is 43.4 Å². The zero-order valence-electron chi connectivity index (χ0n) is 20.8. The molecule has 0 spiro atoms. The summed E-state index contributed by atoms with van der Waals surface area (Å²) in [5.41, 5.74) is 0. The van der Waals surface area contributed by atoms with Crippen molar-refractivity contribution >= 4 is 17.9 Å². The summed E-state index contributed by atoms with van der Waals surface area (Å²) in [5.74, 6) is -2.50. The Hall–Kier alpha value is -1.89. The monoisotopic (exact) mass is 470 g/mol. The van der Waals surface area contributed by atoms with E-state index in [4.69, 9.17) is 15.3 Å². The Balaban J connectivity index is 4.58. The smallest absolute Gasteiger partial charge is 0.303 e. The van der Waals surface area contributed by atoms with E-state index >= 15 is 0 Å². The van der Waals surface area contributed by atoms with Crippen LogP contribution in [0.3, 0.4) is 0 Å². The third-order valence-electron chi connectivity index (χ3n) is 6.21. The molecule has 0 aromatic rings. The highest BCUT2D eigenvalue weighted by Gasteiger charge is 2.27. The summed E-state index contributed by atoms with van der Waals surface area (Å²) in [6, 6.07) is 0. The van der Waals surface area contributed by atoms with Crippen molar-refractivity contribution in [3.05, 3.63) is 12.2 Å². The normalized spacial score (nSPS) is 11.8. The molecule has 3 N–H and O–H groups in total. The molecule has 0 aliphatic carbocycles. The van der Waals surface area contributed by atoms with Gasteiger partial charge in [0.1, 0.15) is 0 Å². The molecule has 0 amide bonds. The fraction of sp³-hybridized carbons (Fsp3) is 0.808. The number of carboxylic acids is 3. The molecule has 7 heteroatoms. The zero-order valence-corrected chi connectivity index (χ0v) is 20.8. The highest BCUT2D eigenvalue weighted by Crippen LogP contribution is 2.18. The summed E-state index contributed by atoms with van der Waals surface area (Å²) in [7, 11) is 0. The van der Waals surface area contributed by atoms with Gasteiger partial charge in [-0.25, -0.2) is 0 Å². The molecule has 0 bridgehead atoms. The first-order valence-corrected chi connectivity index (χ1v) is 13.0. The van der Waals surface area contributed by atoms with E-state index in [1.807, 2.05) is 0 Å². The minimum Gasteiger partial charge on any atom is -0.481 e. The van der Waals surface area contributed by atoms with Gasteiger partial charge in [-0.2, -0.15) is 0 Å². The maximum absolute atomic E-state index is 11.0.